The van der Waals surface area contributed by atoms with Gasteiger partial charge in [-0.15, -0.1) is 11.8 Å². The molecule has 0 saturated carbocycles. The van der Waals surface area contributed by atoms with Gasteiger partial charge >= 0.3 is 0 Å². The van der Waals surface area contributed by atoms with E-state index in [-0.39, 0.29) is 6.61 Å². The van der Waals surface area contributed by atoms with Crippen molar-refractivity contribution >= 4 is 11.8 Å². The average Bonchev–Trinajstić information content (AvgIpc) is 2.78. The van der Waals surface area contributed by atoms with E-state index in [2.05, 4.69) is 46.6 Å². The molecule has 0 fully saturated rings. The fraction of sp³-hybridized carbons (Fsp3) is 0.438. The molecule has 0 aliphatic rings. The second-order valence-corrected chi connectivity index (χ2v) is 6.06. The number of nitrogens with zero attached hydrogens (tertiary/aromatic N) is 3. The highest BCUT2D eigenvalue weighted by Crippen LogP contribution is 2.16. The minimum atomic E-state index is 0.166. The zero-order valence-electron chi connectivity index (χ0n) is 12.9. The van der Waals surface area contributed by atoms with E-state index < -0.39 is 0 Å². The summed E-state index contributed by atoms with van der Waals surface area (Å²) in [5.74, 6) is 0. The zero-order chi connectivity index (χ0) is 15.2. The number of thioether (sulfide) groups is 1. The fourth-order valence-corrected chi connectivity index (χ4v) is 2.79. The normalized spacial score (nSPS) is 11.3. The SMILES string of the molecule is CSc1ccc(CN(CCO)Cc2cc(C)nn2C)cc1. The molecule has 0 bridgehead atoms. The van der Waals surface area contributed by atoms with Crippen molar-refractivity contribution < 1.29 is 5.11 Å². The van der Waals surface area contributed by atoms with Crippen LogP contribution in [0.25, 0.3) is 0 Å². The van der Waals surface area contributed by atoms with Gasteiger partial charge in [0.05, 0.1) is 18.0 Å². The van der Waals surface area contributed by atoms with Crippen molar-refractivity contribution in [1.29, 1.82) is 0 Å². The van der Waals surface area contributed by atoms with Gasteiger partial charge in [-0.2, -0.15) is 5.10 Å². The molecule has 4 nitrogen and oxygen atoms in total. The minimum absolute atomic E-state index is 0.166. The van der Waals surface area contributed by atoms with Crippen LogP contribution in [0.2, 0.25) is 0 Å². The summed E-state index contributed by atoms with van der Waals surface area (Å²) in [4.78, 5) is 3.51. The van der Waals surface area contributed by atoms with Crippen LogP contribution < -0.4 is 0 Å². The van der Waals surface area contributed by atoms with Crippen LogP contribution in [0.3, 0.4) is 0 Å². The van der Waals surface area contributed by atoms with Crippen LogP contribution in [0.1, 0.15) is 17.0 Å². The number of aryl methyl sites for hydroxylation is 2. The standard InChI is InChI=1S/C16H23N3OS/c1-13-10-15(18(2)17-13)12-19(8-9-20)11-14-4-6-16(21-3)7-5-14/h4-7,10,20H,8-9,11-12H2,1-3H3. The van der Waals surface area contributed by atoms with Gasteiger partial charge in [-0.25, -0.2) is 0 Å². The van der Waals surface area contributed by atoms with E-state index >= 15 is 0 Å². The molecule has 2 aromatic rings. The number of benzene rings is 1. The Morgan fingerprint density at radius 1 is 1.24 bits per heavy atom. The van der Waals surface area contributed by atoms with Gasteiger partial charge in [-0.05, 0) is 36.9 Å². The van der Waals surface area contributed by atoms with E-state index in [1.807, 2.05) is 18.7 Å². The molecule has 0 radical (unpaired) electrons. The Bertz CT molecular complexity index is 565. The number of aliphatic hydroxyl groups excluding tert-OH is 1. The molecule has 0 aliphatic heterocycles. The molecule has 5 heteroatoms. The molecule has 1 N–H and O–H groups in total. The largest absolute Gasteiger partial charge is 0.395 e. The smallest absolute Gasteiger partial charge is 0.0597 e. The molecule has 0 aliphatic carbocycles. The quantitative estimate of drug-likeness (QED) is 0.798. The van der Waals surface area contributed by atoms with Gasteiger partial charge < -0.3 is 5.11 Å². The maximum absolute atomic E-state index is 9.28. The summed E-state index contributed by atoms with van der Waals surface area (Å²) < 4.78 is 1.91. The molecule has 0 atom stereocenters. The molecular weight excluding hydrogens is 282 g/mol. The molecular formula is C16H23N3OS. The lowest BCUT2D eigenvalue weighted by molar-refractivity contribution is 0.181. The topological polar surface area (TPSA) is 41.3 Å². The number of rotatable bonds is 7. The summed E-state index contributed by atoms with van der Waals surface area (Å²) in [6.45, 7) is 4.46. The maximum Gasteiger partial charge on any atom is 0.0597 e. The Kier molecular flexibility index (Phi) is 5.85. The molecule has 1 heterocycles. The Morgan fingerprint density at radius 3 is 2.48 bits per heavy atom. The summed E-state index contributed by atoms with van der Waals surface area (Å²) in [6, 6.07) is 10.7. The highest BCUT2D eigenvalue weighted by molar-refractivity contribution is 7.98. The molecule has 114 valence electrons. The van der Waals surface area contributed by atoms with Gasteiger partial charge in [-0.1, -0.05) is 12.1 Å². The Balaban J connectivity index is 2.05. The summed E-state index contributed by atoms with van der Waals surface area (Å²) in [5, 5.41) is 13.7. The first-order valence-electron chi connectivity index (χ1n) is 7.08. The summed E-state index contributed by atoms with van der Waals surface area (Å²) in [7, 11) is 1.97. The summed E-state index contributed by atoms with van der Waals surface area (Å²) >= 11 is 1.75. The second kappa shape index (κ2) is 7.64. The van der Waals surface area contributed by atoms with Crippen molar-refractivity contribution in [1.82, 2.24) is 14.7 Å². The van der Waals surface area contributed by atoms with Crippen LogP contribution in [-0.2, 0) is 20.1 Å². The van der Waals surface area contributed by atoms with Gasteiger partial charge in [-0.3, -0.25) is 9.58 Å². The van der Waals surface area contributed by atoms with Gasteiger partial charge in [0, 0.05) is 31.6 Å². The Hall–Kier alpha value is -1.30. The molecule has 0 amide bonds. The zero-order valence-corrected chi connectivity index (χ0v) is 13.7. The van der Waals surface area contributed by atoms with E-state index in [1.54, 1.807) is 11.8 Å². The molecule has 1 aromatic carbocycles. The number of aromatic nitrogens is 2. The lowest BCUT2D eigenvalue weighted by Crippen LogP contribution is -2.27. The Morgan fingerprint density at radius 2 is 1.95 bits per heavy atom. The third-order valence-electron chi connectivity index (χ3n) is 3.47. The molecule has 21 heavy (non-hydrogen) atoms. The number of aliphatic hydroxyl groups is 1. The van der Waals surface area contributed by atoms with Crippen molar-refractivity contribution in [3.05, 3.63) is 47.3 Å². The minimum Gasteiger partial charge on any atom is -0.395 e. The molecule has 1 aromatic heterocycles. The van der Waals surface area contributed by atoms with Crippen molar-refractivity contribution in [2.45, 2.75) is 24.9 Å². The van der Waals surface area contributed by atoms with E-state index in [4.69, 9.17) is 0 Å². The van der Waals surface area contributed by atoms with E-state index in [0.29, 0.717) is 6.54 Å². The van der Waals surface area contributed by atoms with Gasteiger partial charge in [0.15, 0.2) is 0 Å². The van der Waals surface area contributed by atoms with Crippen LogP contribution in [0.5, 0.6) is 0 Å². The first-order valence-corrected chi connectivity index (χ1v) is 8.30. The highest BCUT2D eigenvalue weighted by atomic mass is 32.2. The molecule has 0 spiro atoms. The number of hydrogen-bond acceptors (Lipinski definition) is 4. The lowest BCUT2D eigenvalue weighted by Gasteiger charge is -2.21. The van der Waals surface area contributed by atoms with Crippen molar-refractivity contribution in [3.63, 3.8) is 0 Å². The molecule has 0 unspecified atom stereocenters. The first-order chi connectivity index (χ1) is 10.1. The van der Waals surface area contributed by atoms with Crippen molar-refractivity contribution in [2.24, 2.45) is 7.05 Å². The predicted molar refractivity (Wildman–Crippen MR) is 87.4 cm³/mol. The highest BCUT2D eigenvalue weighted by Gasteiger charge is 2.10. The van der Waals surface area contributed by atoms with Crippen LogP contribution in [-0.4, -0.2) is 39.2 Å². The average molecular weight is 305 g/mol. The third kappa shape index (κ3) is 4.59. The second-order valence-electron chi connectivity index (χ2n) is 5.18. The first kappa shape index (κ1) is 16.1. The number of hydrogen-bond donors (Lipinski definition) is 1. The van der Waals surface area contributed by atoms with Crippen molar-refractivity contribution in [2.75, 3.05) is 19.4 Å². The molecule has 0 saturated heterocycles. The van der Waals surface area contributed by atoms with Crippen LogP contribution >= 0.6 is 11.8 Å². The maximum atomic E-state index is 9.28. The van der Waals surface area contributed by atoms with E-state index in [0.717, 1.165) is 18.8 Å². The lowest BCUT2D eigenvalue weighted by atomic mass is 10.2. The van der Waals surface area contributed by atoms with Gasteiger partial charge in [0.25, 0.3) is 0 Å². The predicted octanol–water partition coefficient (Wildman–Crippen LogP) is 2.44. The van der Waals surface area contributed by atoms with Gasteiger partial charge in [0.1, 0.15) is 0 Å². The summed E-state index contributed by atoms with van der Waals surface area (Å²) in [5.41, 5.74) is 3.46. The van der Waals surface area contributed by atoms with Crippen LogP contribution in [0.15, 0.2) is 35.2 Å². The van der Waals surface area contributed by atoms with Gasteiger partial charge in [0.2, 0.25) is 0 Å². The third-order valence-corrected chi connectivity index (χ3v) is 4.21. The van der Waals surface area contributed by atoms with Crippen LogP contribution in [0, 0.1) is 6.92 Å². The Labute approximate surface area is 130 Å². The van der Waals surface area contributed by atoms with E-state index in [1.165, 1.54) is 16.2 Å². The fourth-order valence-electron chi connectivity index (χ4n) is 2.39. The summed E-state index contributed by atoms with van der Waals surface area (Å²) in [6.07, 6.45) is 2.08. The van der Waals surface area contributed by atoms with Crippen LogP contribution in [0.4, 0.5) is 0 Å². The van der Waals surface area contributed by atoms with Crippen molar-refractivity contribution in [3.8, 4) is 0 Å². The molecule has 2 rings (SSSR count). The van der Waals surface area contributed by atoms with E-state index in [9.17, 15) is 5.11 Å². The monoisotopic (exact) mass is 305 g/mol.